The molecule has 0 spiro atoms. The van der Waals surface area contributed by atoms with Crippen LogP contribution in [0.5, 0.6) is 0 Å². The van der Waals surface area contributed by atoms with E-state index in [0.717, 1.165) is 11.3 Å². The first-order chi connectivity index (χ1) is 7.22. The van der Waals surface area contributed by atoms with Gasteiger partial charge in [-0.2, -0.15) is 0 Å². The predicted octanol–water partition coefficient (Wildman–Crippen LogP) is 2.10. The van der Waals surface area contributed by atoms with E-state index in [2.05, 4.69) is 4.99 Å². The fourth-order valence-corrected chi connectivity index (χ4v) is 1.72. The van der Waals surface area contributed by atoms with Gasteiger partial charge in [-0.05, 0) is 19.1 Å². The number of rotatable bonds is 1. The van der Waals surface area contributed by atoms with Crippen LogP contribution < -0.4 is 0 Å². The van der Waals surface area contributed by atoms with Crippen LogP contribution in [0.25, 0.3) is 6.08 Å². The minimum Gasteiger partial charge on any atom is -0.448 e. The molecule has 1 fully saturated rings. The van der Waals surface area contributed by atoms with Crippen molar-refractivity contribution in [3.8, 4) is 0 Å². The van der Waals surface area contributed by atoms with Crippen molar-refractivity contribution in [3.63, 3.8) is 0 Å². The maximum Gasteiger partial charge on any atom is 0.261 e. The molecule has 3 rings (SSSR count). The van der Waals surface area contributed by atoms with Crippen LogP contribution in [0.15, 0.2) is 35.3 Å². The van der Waals surface area contributed by atoms with Crippen molar-refractivity contribution in [1.29, 1.82) is 0 Å². The fraction of sp³-hybridized carbons (Fsp3) is 0.167. The topological polar surface area (TPSA) is 42.0 Å². The molecule has 2 aliphatic rings. The van der Waals surface area contributed by atoms with E-state index in [9.17, 15) is 4.79 Å². The zero-order valence-electron chi connectivity index (χ0n) is 8.23. The van der Waals surface area contributed by atoms with Crippen molar-refractivity contribution >= 4 is 23.4 Å². The number of para-hydroxylation sites is 1. The number of carbonyl (C=O) groups excluding carboxylic acids is 1. The summed E-state index contributed by atoms with van der Waals surface area (Å²) < 4.78 is 5.28. The molecule has 1 aromatic carbocycles. The smallest absolute Gasteiger partial charge is 0.261 e. The average molecular weight is 199 g/mol. The predicted molar refractivity (Wildman–Crippen MR) is 57.1 cm³/mol. The van der Waals surface area contributed by atoms with Gasteiger partial charge in [0.05, 0.1) is 5.69 Å². The second kappa shape index (κ2) is 2.57. The number of ether oxygens (including phenoxy) is 1. The molecule has 0 saturated carbocycles. The van der Waals surface area contributed by atoms with Gasteiger partial charge in [0.15, 0.2) is 5.78 Å². The van der Waals surface area contributed by atoms with Crippen molar-refractivity contribution in [2.45, 2.75) is 12.5 Å². The first kappa shape index (κ1) is 8.41. The van der Waals surface area contributed by atoms with Crippen molar-refractivity contribution in [1.82, 2.24) is 0 Å². The third kappa shape index (κ3) is 1.06. The first-order valence-corrected chi connectivity index (χ1v) is 4.80. The van der Waals surface area contributed by atoms with Gasteiger partial charge in [0, 0.05) is 5.56 Å². The Labute approximate surface area is 87.1 Å². The summed E-state index contributed by atoms with van der Waals surface area (Å²) in [6.07, 6.45) is 3.67. The lowest BCUT2D eigenvalue weighted by molar-refractivity contribution is -0.120. The van der Waals surface area contributed by atoms with Gasteiger partial charge < -0.3 is 4.74 Å². The summed E-state index contributed by atoms with van der Waals surface area (Å²) >= 11 is 0. The molecule has 1 saturated heterocycles. The zero-order chi connectivity index (χ0) is 10.5. The Bertz CT molecular complexity index is 516. The Kier molecular flexibility index (Phi) is 1.44. The number of benzene rings is 1. The Morgan fingerprint density at radius 1 is 1.40 bits per heavy atom. The summed E-state index contributed by atoms with van der Waals surface area (Å²) in [5.74, 6) is 0.488. The number of nitrogens with zero attached hydrogens (tertiary/aromatic N) is 1. The normalized spacial score (nSPS) is 25.5. The van der Waals surface area contributed by atoms with Crippen LogP contribution in [0.2, 0.25) is 0 Å². The summed E-state index contributed by atoms with van der Waals surface area (Å²) in [7, 11) is 0. The molecule has 1 atom stereocenters. The van der Waals surface area contributed by atoms with Gasteiger partial charge in [0.25, 0.3) is 5.60 Å². The number of aliphatic imine (C=N–C) groups is 1. The van der Waals surface area contributed by atoms with E-state index in [-0.39, 0.29) is 5.78 Å². The summed E-state index contributed by atoms with van der Waals surface area (Å²) in [6.45, 7) is 1.52. The Morgan fingerprint density at radius 2 is 2.20 bits per heavy atom. The minimum atomic E-state index is -0.862. The molecular formula is C12H9NO2. The standard InChI is InChI=1S/C12H9NO2/c1-8(14)12-7-6-9-4-2-3-5-10(9)13-11(12)15-12/h2-7H,1H3. The Morgan fingerprint density at radius 3 is 3.00 bits per heavy atom. The summed E-state index contributed by atoms with van der Waals surface area (Å²) in [5.41, 5.74) is 1.00. The second-order valence-corrected chi connectivity index (χ2v) is 3.70. The van der Waals surface area contributed by atoms with Crippen LogP contribution in [-0.4, -0.2) is 17.3 Å². The lowest BCUT2D eigenvalue weighted by Gasteiger charge is -1.97. The molecule has 0 bridgehead atoms. The quantitative estimate of drug-likeness (QED) is 0.650. The number of epoxide rings is 1. The molecule has 0 amide bonds. The minimum absolute atomic E-state index is 0.0229. The van der Waals surface area contributed by atoms with Crippen molar-refractivity contribution < 1.29 is 9.53 Å². The zero-order valence-corrected chi connectivity index (χ0v) is 8.23. The molecule has 1 aromatic rings. The molecule has 2 aliphatic heterocycles. The highest BCUT2D eigenvalue weighted by molar-refractivity contribution is 6.22. The third-order valence-corrected chi connectivity index (χ3v) is 2.71. The molecule has 1 unspecified atom stereocenters. The molecule has 3 heteroatoms. The Hall–Kier alpha value is -1.90. The van der Waals surface area contributed by atoms with Gasteiger partial charge >= 0.3 is 0 Å². The number of fused-ring (bicyclic) bond motifs is 2. The highest BCUT2D eigenvalue weighted by Crippen LogP contribution is 2.39. The van der Waals surface area contributed by atoms with Crippen LogP contribution in [0.1, 0.15) is 12.5 Å². The van der Waals surface area contributed by atoms with E-state index in [0.29, 0.717) is 5.90 Å². The summed E-state index contributed by atoms with van der Waals surface area (Å²) in [4.78, 5) is 15.7. The largest absolute Gasteiger partial charge is 0.448 e. The number of hydrogen-bond donors (Lipinski definition) is 0. The maximum absolute atomic E-state index is 11.4. The molecule has 0 N–H and O–H groups in total. The van der Waals surface area contributed by atoms with E-state index < -0.39 is 5.60 Å². The van der Waals surface area contributed by atoms with Gasteiger partial charge in [0.2, 0.25) is 5.90 Å². The second-order valence-electron chi connectivity index (χ2n) is 3.70. The van der Waals surface area contributed by atoms with Gasteiger partial charge in [-0.25, -0.2) is 4.99 Å². The third-order valence-electron chi connectivity index (χ3n) is 2.71. The van der Waals surface area contributed by atoms with Crippen LogP contribution in [0.3, 0.4) is 0 Å². The number of ketones is 1. The maximum atomic E-state index is 11.4. The molecule has 0 aromatic heterocycles. The number of hydrogen-bond acceptors (Lipinski definition) is 3. The highest BCUT2D eigenvalue weighted by Gasteiger charge is 2.58. The lowest BCUT2D eigenvalue weighted by atomic mass is 10.0. The van der Waals surface area contributed by atoms with E-state index >= 15 is 0 Å². The SMILES string of the molecule is CC(=O)C12C=Cc3ccccc3N=C1O2. The molecular weight excluding hydrogens is 190 g/mol. The fourth-order valence-electron chi connectivity index (χ4n) is 1.72. The van der Waals surface area contributed by atoms with Crippen molar-refractivity contribution in [2.75, 3.05) is 0 Å². The van der Waals surface area contributed by atoms with E-state index in [1.807, 2.05) is 30.3 Å². The number of Topliss-reactive ketones (excluding diaryl/α,β-unsaturated/α-hetero) is 1. The van der Waals surface area contributed by atoms with Gasteiger partial charge in [-0.1, -0.05) is 24.3 Å². The van der Waals surface area contributed by atoms with Crippen LogP contribution in [-0.2, 0) is 9.53 Å². The molecule has 0 aliphatic carbocycles. The van der Waals surface area contributed by atoms with Crippen LogP contribution in [0, 0.1) is 0 Å². The van der Waals surface area contributed by atoms with E-state index in [1.54, 1.807) is 6.08 Å². The molecule has 2 heterocycles. The monoisotopic (exact) mass is 199 g/mol. The Balaban J connectivity index is 2.16. The van der Waals surface area contributed by atoms with Crippen LogP contribution in [0.4, 0.5) is 5.69 Å². The lowest BCUT2D eigenvalue weighted by Crippen LogP contribution is -2.19. The van der Waals surface area contributed by atoms with Crippen molar-refractivity contribution in [3.05, 3.63) is 35.9 Å². The van der Waals surface area contributed by atoms with Crippen molar-refractivity contribution in [2.24, 2.45) is 4.99 Å². The van der Waals surface area contributed by atoms with Crippen LogP contribution >= 0.6 is 0 Å². The average Bonchev–Trinajstić information content (AvgIpc) is 2.91. The van der Waals surface area contributed by atoms with Gasteiger partial charge in [-0.3, -0.25) is 4.79 Å². The molecule has 0 radical (unpaired) electrons. The summed E-state index contributed by atoms with van der Waals surface area (Å²) in [5, 5.41) is 0. The summed E-state index contributed by atoms with van der Waals surface area (Å²) in [6, 6.07) is 7.74. The highest BCUT2D eigenvalue weighted by atomic mass is 16.6. The van der Waals surface area contributed by atoms with E-state index in [4.69, 9.17) is 4.74 Å². The molecule has 15 heavy (non-hydrogen) atoms. The first-order valence-electron chi connectivity index (χ1n) is 4.80. The van der Waals surface area contributed by atoms with Gasteiger partial charge in [-0.15, -0.1) is 0 Å². The van der Waals surface area contributed by atoms with E-state index in [1.165, 1.54) is 6.92 Å². The molecule has 3 nitrogen and oxygen atoms in total. The number of carbonyl (C=O) groups is 1. The van der Waals surface area contributed by atoms with Gasteiger partial charge in [0.1, 0.15) is 0 Å². The molecule has 74 valence electrons.